The highest BCUT2D eigenvalue weighted by molar-refractivity contribution is 7.89. The van der Waals surface area contributed by atoms with Crippen molar-refractivity contribution in [2.75, 3.05) is 13.1 Å². The van der Waals surface area contributed by atoms with Crippen molar-refractivity contribution < 1.29 is 8.42 Å². The fraction of sp³-hybridized carbons (Fsp3) is 0.571. The number of fused-ring (bicyclic) bond motifs is 1. The highest BCUT2D eigenvalue weighted by Crippen LogP contribution is 2.33. The molecular weight excluding hydrogens is 362 g/mol. The van der Waals surface area contributed by atoms with Crippen LogP contribution >= 0.6 is 11.3 Å². The minimum atomic E-state index is -3.51. The number of aromatic amines is 1. The van der Waals surface area contributed by atoms with E-state index in [0.717, 1.165) is 28.6 Å². The van der Waals surface area contributed by atoms with Crippen LogP contribution in [-0.2, 0) is 10.0 Å². The van der Waals surface area contributed by atoms with E-state index in [2.05, 4.69) is 25.5 Å². The van der Waals surface area contributed by atoms with Crippen LogP contribution in [0.2, 0.25) is 0 Å². The SMILES string of the molecule is Cc1n[nH]c(C)c1S(=O)(=O)N1CCC(c2nn3c(C)nnc3s2)CC1. The first-order chi connectivity index (χ1) is 11.9. The number of nitrogens with zero attached hydrogens (tertiary/aromatic N) is 6. The molecule has 0 saturated carbocycles. The Morgan fingerprint density at radius 1 is 1.16 bits per heavy atom. The van der Waals surface area contributed by atoms with Crippen LogP contribution < -0.4 is 0 Å². The zero-order valence-corrected chi connectivity index (χ0v) is 15.9. The first-order valence-corrected chi connectivity index (χ1v) is 10.3. The second-order valence-corrected chi connectivity index (χ2v) is 9.19. The van der Waals surface area contributed by atoms with Crippen molar-refractivity contribution in [1.82, 2.24) is 34.3 Å². The number of aromatic nitrogens is 6. The fourth-order valence-corrected chi connectivity index (χ4v) is 6.14. The first-order valence-electron chi connectivity index (χ1n) is 8.08. The Balaban J connectivity index is 1.53. The zero-order valence-electron chi connectivity index (χ0n) is 14.2. The molecule has 25 heavy (non-hydrogen) atoms. The first kappa shape index (κ1) is 16.6. The van der Waals surface area contributed by atoms with Crippen molar-refractivity contribution in [3.63, 3.8) is 0 Å². The summed E-state index contributed by atoms with van der Waals surface area (Å²) in [5.41, 5.74) is 1.10. The van der Waals surface area contributed by atoms with Crippen LogP contribution in [0.5, 0.6) is 0 Å². The van der Waals surface area contributed by atoms with Crippen molar-refractivity contribution in [2.45, 2.75) is 44.4 Å². The monoisotopic (exact) mass is 381 g/mol. The van der Waals surface area contributed by atoms with Gasteiger partial charge in [-0.3, -0.25) is 5.10 Å². The molecule has 0 atom stereocenters. The molecule has 0 radical (unpaired) electrons. The third-order valence-electron chi connectivity index (χ3n) is 4.62. The molecule has 4 rings (SSSR count). The second kappa shape index (κ2) is 5.85. The Hall–Kier alpha value is -1.85. The Bertz CT molecular complexity index is 1010. The molecule has 0 bridgehead atoms. The molecule has 0 aromatic carbocycles. The minimum Gasteiger partial charge on any atom is -0.281 e. The van der Waals surface area contributed by atoms with E-state index in [1.165, 1.54) is 11.3 Å². The number of piperidine rings is 1. The van der Waals surface area contributed by atoms with E-state index in [4.69, 9.17) is 0 Å². The number of nitrogens with one attached hydrogen (secondary N) is 1. The Morgan fingerprint density at radius 3 is 2.48 bits per heavy atom. The largest absolute Gasteiger partial charge is 0.281 e. The van der Waals surface area contributed by atoms with Crippen molar-refractivity contribution in [1.29, 1.82) is 0 Å². The lowest BCUT2D eigenvalue weighted by Crippen LogP contribution is -2.38. The van der Waals surface area contributed by atoms with Crippen LogP contribution in [0.1, 0.15) is 41.0 Å². The average Bonchev–Trinajstić information content (AvgIpc) is 3.25. The maximum Gasteiger partial charge on any atom is 0.246 e. The molecule has 1 fully saturated rings. The molecular formula is C14H19N7O2S2. The second-order valence-electron chi connectivity index (χ2n) is 6.32. The summed E-state index contributed by atoms with van der Waals surface area (Å²) in [5.74, 6) is 1.02. The van der Waals surface area contributed by atoms with Crippen LogP contribution in [0.3, 0.4) is 0 Å². The lowest BCUT2D eigenvalue weighted by atomic mass is 9.99. The van der Waals surface area contributed by atoms with Crippen LogP contribution in [0.4, 0.5) is 0 Å². The van der Waals surface area contributed by atoms with Crippen molar-refractivity contribution in [3.8, 4) is 0 Å². The number of rotatable bonds is 3. The molecule has 4 heterocycles. The predicted molar refractivity (Wildman–Crippen MR) is 92.2 cm³/mol. The van der Waals surface area contributed by atoms with Gasteiger partial charge in [0.25, 0.3) is 0 Å². The average molecular weight is 381 g/mol. The highest BCUT2D eigenvalue weighted by Gasteiger charge is 2.34. The quantitative estimate of drug-likeness (QED) is 0.734. The molecule has 0 amide bonds. The van der Waals surface area contributed by atoms with Crippen LogP contribution in [0.25, 0.3) is 4.96 Å². The van der Waals surface area contributed by atoms with Crippen molar-refractivity contribution in [2.24, 2.45) is 0 Å². The van der Waals surface area contributed by atoms with Gasteiger partial charge in [0.05, 0.1) is 11.4 Å². The summed E-state index contributed by atoms with van der Waals surface area (Å²) < 4.78 is 29.1. The molecule has 9 nitrogen and oxygen atoms in total. The number of aryl methyl sites for hydroxylation is 3. The summed E-state index contributed by atoms with van der Waals surface area (Å²) in [6.45, 7) is 6.28. The summed E-state index contributed by atoms with van der Waals surface area (Å²) in [6.07, 6.45) is 1.50. The van der Waals surface area contributed by atoms with Crippen LogP contribution in [-0.4, -0.2) is 55.8 Å². The van der Waals surface area contributed by atoms with Gasteiger partial charge in [0.2, 0.25) is 15.0 Å². The van der Waals surface area contributed by atoms with E-state index in [9.17, 15) is 8.42 Å². The van der Waals surface area contributed by atoms with E-state index in [-0.39, 0.29) is 5.92 Å². The lowest BCUT2D eigenvalue weighted by molar-refractivity contribution is 0.318. The molecule has 1 aliphatic rings. The molecule has 0 aliphatic carbocycles. The summed E-state index contributed by atoms with van der Waals surface area (Å²) in [6, 6.07) is 0. The van der Waals surface area contributed by atoms with Crippen LogP contribution in [0.15, 0.2) is 4.90 Å². The minimum absolute atomic E-state index is 0.254. The molecule has 0 unspecified atom stereocenters. The van der Waals surface area contributed by atoms with Crippen molar-refractivity contribution in [3.05, 3.63) is 22.2 Å². The summed E-state index contributed by atoms with van der Waals surface area (Å²) in [5, 5.41) is 20.4. The number of H-pyrrole nitrogens is 1. The molecule has 1 saturated heterocycles. The number of hydrogen-bond donors (Lipinski definition) is 1. The Morgan fingerprint density at radius 2 is 1.88 bits per heavy atom. The summed E-state index contributed by atoms with van der Waals surface area (Å²) in [4.78, 5) is 1.09. The zero-order chi connectivity index (χ0) is 17.8. The van der Waals surface area contributed by atoms with Gasteiger partial charge in [-0.05, 0) is 33.6 Å². The van der Waals surface area contributed by atoms with Gasteiger partial charge in [0.15, 0.2) is 5.82 Å². The van der Waals surface area contributed by atoms with Gasteiger partial charge in [0, 0.05) is 19.0 Å². The van der Waals surface area contributed by atoms with Gasteiger partial charge in [-0.2, -0.15) is 19.0 Å². The Labute approximate surface area is 149 Å². The number of hydrogen-bond acceptors (Lipinski definition) is 7. The van der Waals surface area contributed by atoms with Gasteiger partial charge in [-0.1, -0.05) is 11.3 Å². The van der Waals surface area contributed by atoms with E-state index >= 15 is 0 Å². The van der Waals surface area contributed by atoms with Crippen molar-refractivity contribution >= 4 is 26.3 Å². The van der Waals surface area contributed by atoms with Gasteiger partial charge >= 0.3 is 0 Å². The summed E-state index contributed by atoms with van der Waals surface area (Å²) >= 11 is 1.53. The van der Waals surface area contributed by atoms with E-state index in [0.29, 0.717) is 29.4 Å². The van der Waals surface area contributed by atoms with E-state index < -0.39 is 10.0 Å². The molecule has 0 spiro atoms. The standard InChI is InChI=1S/C14H19N7O2S2/c1-8-12(9(2)16-15-8)25(22,23)20-6-4-11(5-7-20)13-19-21-10(3)17-18-14(21)24-13/h11H,4-7H2,1-3H3,(H,15,16). The van der Waals surface area contributed by atoms with Gasteiger partial charge < -0.3 is 0 Å². The maximum absolute atomic E-state index is 12.9. The Kier molecular flexibility index (Phi) is 3.89. The third kappa shape index (κ3) is 2.66. The van der Waals surface area contributed by atoms with E-state index in [1.807, 2.05) is 6.92 Å². The number of sulfonamides is 1. The fourth-order valence-electron chi connectivity index (χ4n) is 3.29. The molecule has 1 aliphatic heterocycles. The van der Waals surface area contributed by atoms with Gasteiger partial charge in [0.1, 0.15) is 9.90 Å². The lowest BCUT2D eigenvalue weighted by Gasteiger charge is -2.30. The normalized spacial score (nSPS) is 17.6. The van der Waals surface area contributed by atoms with Crippen LogP contribution in [0, 0.1) is 20.8 Å². The topological polar surface area (TPSA) is 109 Å². The molecule has 3 aromatic heterocycles. The van der Waals surface area contributed by atoms with E-state index in [1.54, 1.807) is 22.7 Å². The molecule has 1 N–H and O–H groups in total. The van der Waals surface area contributed by atoms with Gasteiger partial charge in [-0.15, -0.1) is 10.2 Å². The smallest absolute Gasteiger partial charge is 0.246 e. The predicted octanol–water partition coefficient (Wildman–Crippen LogP) is 1.40. The molecule has 11 heteroatoms. The molecule has 3 aromatic rings. The van der Waals surface area contributed by atoms with Gasteiger partial charge in [-0.25, -0.2) is 8.42 Å². The third-order valence-corrected chi connectivity index (χ3v) is 7.85. The maximum atomic E-state index is 12.9. The summed E-state index contributed by atoms with van der Waals surface area (Å²) in [7, 11) is -3.51. The highest BCUT2D eigenvalue weighted by atomic mass is 32.2. The molecule has 134 valence electrons.